The Balaban J connectivity index is 1.46. The van der Waals surface area contributed by atoms with Crippen molar-refractivity contribution in [3.8, 4) is 5.75 Å². The number of carbonyl (C=O) groups is 1. The molecule has 1 amide bonds. The van der Waals surface area contributed by atoms with Crippen LogP contribution in [0.1, 0.15) is 0 Å². The third-order valence-electron chi connectivity index (χ3n) is 4.70. The Kier molecular flexibility index (Phi) is 11.3. The molecule has 1 aromatic heterocycles. The summed E-state index contributed by atoms with van der Waals surface area (Å²) in [7, 11) is 0. The SMILES string of the molecule is C=CC(=O)Nc1cccc(Nc2nc(Nc3ccc(OCCOCCOCCN=[N+]=[N-])cc3)ncc2F)c1. The minimum absolute atomic E-state index is 0.0317. The Labute approximate surface area is 218 Å². The topological polar surface area (TPSA) is 155 Å². The van der Waals surface area contributed by atoms with Crippen LogP contribution in [0.25, 0.3) is 10.4 Å². The fraction of sp³-hybridized carbons (Fsp3) is 0.240. The molecule has 3 rings (SSSR count). The number of amides is 1. The quantitative estimate of drug-likeness (QED) is 0.0784. The fourth-order valence-corrected chi connectivity index (χ4v) is 2.97. The molecule has 0 saturated carbocycles. The van der Waals surface area contributed by atoms with Crippen molar-refractivity contribution in [2.45, 2.75) is 0 Å². The van der Waals surface area contributed by atoms with Crippen molar-refractivity contribution in [1.82, 2.24) is 9.97 Å². The van der Waals surface area contributed by atoms with Gasteiger partial charge in [0.1, 0.15) is 12.4 Å². The third-order valence-corrected chi connectivity index (χ3v) is 4.70. The van der Waals surface area contributed by atoms with Crippen molar-refractivity contribution >= 4 is 34.7 Å². The van der Waals surface area contributed by atoms with Crippen molar-refractivity contribution in [2.24, 2.45) is 5.11 Å². The molecule has 2 aromatic carbocycles. The van der Waals surface area contributed by atoms with E-state index >= 15 is 0 Å². The highest BCUT2D eigenvalue weighted by molar-refractivity contribution is 5.99. The monoisotopic (exact) mass is 522 g/mol. The minimum atomic E-state index is -0.637. The van der Waals surface area contributed by atoms with E-state index in [4.69, 9.17) is 19.7 Å². The van der Waals surface area contributed by atoms with Crippen LogP contribution in [-0.2, 0) is 14.3 Å². The smallest absolute Gasteiger partial charge is 0.247 e. The van der Waals surface area contributed by atoms with E-state index in [2.05, 4.69) is 42.5 Å². The second kappa shape index (κ2) is 15.4. The molecule has 0 saturated heterocycles. The minimum Gasteiger partial charge on any atom is -0.491 e. The lowest BCUT2D eigenvalue weighted by Gasteiger charge is -2.11. The number of halogens is 1. The molecule has 38 heavy (non-hydrogen) atoms. The van der Waals surface area contributed by atoms with Gasteiger partial charge < -0.3 is 30.2 Å². The lowest BCUT2D eigenvalue weighted by atomic mass is 10.2. The van der Waals surface area contributed by atoms with Crippen LogP contribution < -0.4 is 20.7 Å². The largest absolute Gasteiger partial charge is 0.491 e. The Morgan fingerprint density at radius 1 is 1.03 bits per heavy atom. The highest BCUT2D eigenvalue weighted by Gasteiger charge is 2.09. The second-order valence-corrected chi connectivity index (χ2v) is 7.47. The number of hydrogen-bond donors (Lipinski definition) is 3. The predicted octanol–water partition coefficient (Wildman–Crippen LogP) is 4.95. The number of ether oxygens (including phenoxy) is 3. The highest BCUT2D eigenvalue weighted by Crippen LogP contribution is 2.23. The summed E-state index contributed by atoms with van der Waals surface area (Å²) in [5.41, 5.74) is 9.90. The predicted molar refractivity (Wildman–Crippen MR) is 141 cm³/mol. The Morgan fingerprint density at radius 2 is 1.76 bits per heavy atom. The second-order valence-electron chi connectivity index (χ2n) is 7.47. The van der Waals surface area contributed by atoms with Crippen LogP contribution in [0.15, 0.2) is 72.5 Å². The number of aromatic nitrogens is 2. The van der Waals surface area contributed by atoms with Gasteiger partial charge in [-0.25, -0.2) is 9.37 Å². The molecule has 198 valence electrons. The van der Waals surface area contributed by atoms with Crippen molar-refractivity contribution < 1.29 is 23.4 Å². The van der Waals surface area contributed by atoms with E-state index in [1.807, 2.05) is 0 Å². The zero-order valence-corrected chi connectivity index (χ0v) is 20.5. The molecule has 3 N–H and O–H groups in total. The van der Waals surface area contributed by atoms with Gasteiger partial charge in [0.2, 0.25) is 11.9 Å². The summed E-state index contributed by atoms with van der Waals surface area (Å²) >= 11 is 0. The van der Waals surface area contributed by atoms with Gasteiger partial charge in [-0.2, -0.15) is 4.98 Å². The summed E-state index contributed by atoms with van der Waals surface area (Å²) in [5.74, 6) is -0.185. The molecule has 0 atom stereocenters. The molecule has 0 unspecified atom stereocenters. The maximum atomic E-state index is 14.3. The van der Waals surface area contributed by atoms with E-state index in [0.29, 0.717) is 62.4 Å². The number of carbonyl (C=O) groups excluding carboxylic acids is 1. The summed E-state index contributed by atoms with van der Waals surface area (Å²) in [6.07, 6.45) is 2.22. The number of nitrogens with one attached hydrogen (secondary N) is 3. The molecule has 12 nitrogen and oxygen atoms in total. The van der Waals surface area contributed by atoms with E-state index in [1.165, 1.54) is 0 Å². The molecule has 0 aliphatic heterocycles. The molecule has 13 heteroatoms. The average molecular weight is 523 g/mol. The van der Waals surface area contributed by atoms with E-state index in [9.17, 15) is 9.18 Å². The molecule has 0 fully saturated rings. The summed E-state index contributed by atoms with van der Waals surface area (Å²) in [5, 5.41) is 11.9. The number of nitrogens with zero attached hydrogens (tertiary/aromatic N) is 5. The standard InChI is InChI=1S/C25H27FN8O4/c1-2-23(35)30-19-4-3-5-20(16-19)31-24-22(26)17-28-25(33-24)32-18-6-8-21(9-7-18)38-15-14-37-13-12-36-11-10-29-34-27/h2-9,16-17H,1,10-15H2,(H,30,35)(H2,28,31,32,33). The van der Waals surface area contributed by atoms with Crippen LogP contribution in [0.5, 0.6) is 5.75 Å². The zero-order valence-electron chi connectivity index (χ0n) is 20.5. The van der Waals surface area contributed by atoms with Gasteiger partial charge in [-0.3, -0.25) is 4.79 Å². The van der Waals surface area contributed by atoms with Gasteiger partial charge >= 0.3 is 0 Å². The first-order valence-electron chi connectivity index (χ1n) is 11.6. The van der Waals surface area contributed by atoms with E-state index < -0.39 is 5.82 Å². The Morgan fingerprint density at radius 3 is 2.53 bits per heavy atom. The molecule has 0 aliphatic carbocycles. The lowest BCUT2D eigenvalue weighted by molar-refractivity contribution is -0.111. The first kappa shape index (κ1) is 27.9. The normalized spacial score (nSPS) is 10.2. The molecular weight excluding hydrogens is 495 g/mol. The molecule has 0 spiro atoms. The van der Waals surface area contributed by atoms with Crippen LogP contribution in [-0.4, -0.2) is 55.5 Å². The maximum Gasteiger partial charge on any atom is 0.247 e. The van der Waals surface area contributed by atoms with E-state index in [1.54, 1.807) is 48.5 Å². The average Bonchev–Trinajstić information content (AvgIpc) is 2.92. The van der Waals surface area contributed by atoms with Crippen molar-refractivity contribution in [2.75, 3.05) is 55.5 Å². The van der Waals surface area contributed by atoms with Crippen LogP contribution in [0.3, 0.4) is 0 Å². The van der Waals surface area contributed by atoms with Gasteiger partial charge in [0.25, 0.3) is 0 Å². The first-order chi connectivity index (χ1) is 18.6. The van der Waals surface area contributed by atoms with Crippen LogP contribution in [0.4, 0.5) is 33.2 Å². The van der Waals surface area contributed by atoms with Gasteiger partial charge in [-0.05, 0) is 54.1 Å². The van der Waals surface area contributed by atoms with Crippen LogP contribution in [0, 0.1) is 5.82 Å². The highest BCUT2D eigenvalue weighted by atomic mass is 19.1. The van der Waals surface area contributed by atoms with Gasteiger partial charge in [0.05, 0.1) is 32.6 Å². The van der Waals surface area contributed by atoms with Gasteiger partial charge in [0, 0.05) is 28.5 Å². The Bertz CT molecular complexity index is 1250. The fourth-order valence-electron chi connectivity index (χ4n) is 2.97. The molecule has 1 heterocycles. The van der Waals surface area contributed by atoms with Crippen molar-refractivity contribution in [1.29, 1.82) is 0 Å². The number of azide groups is 1. The molecule has 0 aliphatic rings. The Hall–Kier alpha value is -4.71. The number of hydrogen-bond acceptors (Lipinski definition) is 9. The van der Waals surface area contributed by atoms with Gasteiger partial charge in [-0.15, -0.1) is 0 Å². The van der Waals surface area contributed by atoms with E-state index in [-0.39, 0.29) is 17.7 Å². The zero-order chi connectivity index (χ0) is 27.0. The number of rotatable bonds is 16. The number of anilines is 5. The van der Waals surface area contributed by atoms with Crippen LogP contribution in [0.2, 0.25) is 0 Å². The summed E-state index contributed by atoms with van der Waals surface area (Å²) < 4.78 is 30.6. The van der Waals surface area contributed by atoms with E-state index in [0.717, 1.165) is 12.3 Å². The van der Waals surface area contributed by atoms with Gasteiger partial charge in [0.15, 0.2) is 11.6 Å². The van der Waals surface area contributed by atoms with Crippen LogP contribution >= 0.6 is 0 Å². The molecule has 0 radical (unpaired) electrons. The lowest BCUT2D eigenvalue weighted by Crippen LogP contribution is -2.11. The molecular formula is C25H27FN8O4. The third kappa shape index (κ3) is 9.74. The van der Waals surface area contributed by atoms with Gasteiger partial charge in [-0.1, -0.05) is 17.8 Å². The van der Waals surface area contributed by atoms with Crippen molar-refractivity contribution in [3.63, 3.8) is 0 Å². The summed E-state index contributed by atoms with van der Waals surface area (Å²) in [6.45, 7) is 5.64. The first-order valence-corrected chi connectivity index (χ1v) is 11.6. The molecule has 3 aromatic rings. The van der Waals surface area contributed by atoms with Crippen molar-refractivity contribution in [3.05, 3.63) is 83.6 Å². The summed E-state index contributed by atoms with van der Waals surface area (Å²) in [4.78, 5) is 22.3. The molecule has 0 bridgehead atoms. The summed E-state index contributed by atoms with van der Waals surface area (Å²) in [6, 6.07) is 13.9. The maximum absolute atomic E-state index is 14.3. The number of benzene rings is 2.